The average molecular weight is 344 g/mol. The Morgan fingerprint density at radius 2 is 1.32 bits per heavy atom. The smallest absolute Gasteiger partial charge is 0.756 e. The number of phosphoric ester groups is 1. The van der Waals surface area contributed by atoms with Crippen LogP contribution in [0.4, 0.5) is 0 Å². The van der Waals surface area contributed by atoms with Crippen LogP contribution >= 0.6 is 7.82 Å². The minimum Gasteiger partial charge on any atom is -0.756 e. The summed E-state index contributed by atoms with van der Waals surface area (Å²) in [5.41, 5.74) is 0. The molecule has 0 rings (SSSR count). The summed E-state index contributed by atoms with van der Waals surface area (Å²) in [6.07, 6.45) is 14.5. The van der Waals surface area contributed by atoms with Gasteiger partial charge in [0.05, 0.1) is 6.10 Å². The van der Waals surface area contributed by atoms with Crippen molar-refractivity contribution >= 4 is 7.82 Å². The molecule has 4 nitrogen and oxygen atoms in total. The van der Waals surface area contributed by atoms with Crippen molar-refractivity contribution in [2.75, 3.05) is 0 Å². The van der Waals surface area contributed by atoms with Crippen LogP contribution in [0.1, 0.15) is 97.3 Å². The van der Waals surface area contributed by atoms with Crippen LogP contribution in [0, 0.1) is 0 Å². The summed E-state index contributed by atoms with van der Waals surface area (Å²) in [6.45, 7) is 4.22. The molecular formula is C16H34NaO4P. The molecule has 0 aliphatic heterocycles. The predicted octanol–water partition coefficient (Wildman–Crippen LogP) is 1.95. The molecule has 128 valence electrons. The fourth-order valence-electron chi connectivity index (χ4n) is 2.62. The van der Waals surface area contributed by atoms with Gasteiger partial charge in [-0.25, -0.2) is 0 Å². The van der Waals surface area contributed by atoms with Crippen molar-refractivity contribution in [2.24, 2.45) is 0 Å². The monoisotopic (exact) mass is 344 g/mol. The Labute approximate surface area is 159 Å². The van der Waals surface area contributed by atoms with Crippen LogP contribution in [-0.2, 0) is 9.09 Å². The summed E-state index contributed by atoms with van der Waals surface area (Å²) in [5.74, 6) is 0. The minimum absolute atomic E-state index is 0. The SMILES string of the molecule is CCCCCCCCCCCCC(CCC)OP(=O)([O-])O.[Na+]. The fourth-order valence-corrected chi connectivity index (χ4v) is 3.21. The van der Waals surface area contributed by atoms with Gasteiger partial charge in [0.2, 0.25) is 0 Å². The van der Waals surface area contributed by atoms with Crippen molar-refractivity contribution < 1.29 is 48.4 Å². The first-order valence-electron chi connectivity index (χ1n) is 8.71. The number of phosphoric acid groups is 1. The van der Waals surface area contributed by atoms with E-state index in [4.69, 9.17) is 9.42 Å². The van der Waals surface area contributed by atoms with Gasteiger partial charge in [0.25, 0.3) is 7.82 Å². The van der Waals surface area contributed by atoms with Crippen LogP contribution in [-0.4, -0.2) is 11.0 Å². The summed E-state index contributed by atoms with van der Waals surface area (Å²) in [4.78, 5) is 19.5. The van der Waals surface area contributed by atoms with Gasteiger partial charge in [-0.1, -0.05) is 84.5 Å². The maximum absolute atomic E-state index is 10.8. The summed E-state index contributed by atoms with van der Waals surface area (Å²) in [6, 6.07) is 0. The van der Waals surface area contributed by atoms with Crippen molar-refractivity contribution in [3.63, 3.8) is 0 Å². The summed E-state index contributed by atoms with van der Waals surface area (Å²) >= 11 is 0. The van der Waals surface area contributed by atoms with E-state index >= 15 is 0 Å². The van der Waals surface area contributed by atoms with E-state index in [-0.39, 0.29) is 35.7 Å². The van der Waals surface area contributed by atoms with E-state index < -0.39 is 7.82 Å². The van der Waals surface area contributed by atoms with E-state index in [2.05, 4.69) is 6.92 Å². The van der Waals surface area contributed by atoms with Gasteiger partial charge in [-0.15, -0.1) is 0 Å². The van der Waals surface area contributed by atoms with Crippen LogP contribution in [0.2, 0.25) is 0 Å². The van der Waals surface area contributed by atoms with Crippen molar-refractivity contribution in [3.05, 3.63) is 0 Å². The van der Waals surface area contributed by atoms with Crippen molar-refractivity contribution in [1.29, 1.82) is 0 Å². The Morgan fingerprint density at radius 1 is 0.864 bits per heavy atom. The first-order chi connectivity index (χ1) is 9.99. The molecule has 22 heavy (non-hydrogen) atoms. The first-order valence-corrected chi connectivity index (χ1v) is 10.2. The topological polar surface area (TPSA) is 69.6 Å². The molecule has 0 aromatic carbocycles. The Kier molecular flexibility index (Phi) is 19.5. The summed E-state index contributed by atoms with van der Waals surface area (Å²) < 4.78 is 15.5. The Morgan fingerprint density at radius 3 is 1.73 bits per heavy atom. The summed E-state index contributed by atoms with van der Waals surface area (Å²) in [7, 11) is -4.58. The van der Waals surface area contributed by atoms with Gasteiger partial charge in [-0.05, 0) is 12.8 Å². The largest absolute Gasteiger partial charge is 1.00 e. The minimum atomic E-state index is -4.58. The Bertz CT molecular complexity index is 271. The van der Waals surface area contributed by atoms with Gasteiger partial charge >= 0.3 is 29.6 Å². The van der Waals surface area contributed by atoms with Crippen LogP contribution in [0.25, 0.3) is 0 Å². The van der Waals surface area contributed by atoms with E-state index in [1.54, 1.807) is 0 Å². The molecule has 2 unspecified atom stereocenters. The third kappa shape index (κ3) is 19.2. The molecule has 0 saturated carbocycles. The maximum atomic E-state index is 10.8. The normalized spacial score (nSPS) is 15.1. The van der Waals surface area contributed by atoms with Crippen molar-refractivity contribution in [1.82, 2.24) is 0 Å². The second kappa shape index (κ2) is 17.0. The first kappa shape index (κ1) is 25.4. The second-order valence-corrected chi connectivity index (χ2v) is 7.10. The molecule has 2 atom stereocenters. The van der Waals surface area contributed by atoms with Crippen LogP contribution in [0.3, 0.4) is 0 Å². The molecule has 0 aliphatic carbocycles. The van der Waals surface area contributed by atoms with Crippen LogP contribution < -0.4 is 34.5 Å². The molecule has 0 heterocycles. The van der Waals surface area contributed by atoms with Crippen molar-refractivity contribution in [2.45, 2.75) is 103 Å². The van der Waals surface area contributed by atoms with E-state index in [1.165, 1.54) is 51.4 Å². The van der Waals surface area contributed by atoms with Crippen molar-refractivity contribution in [3.8, 4) is 0 Å². The molecule has 0 radical (unpaired) electrons. The van der Waals surface area contributed by atoms with Gasteiger partial charge in [-0.3, -0.25) is 4.57 Å². The van der Waals surface area contributed by atoms with E-state index in [0.717, 1.165) is 25.7 Å². The number of unbranched alkanes of at least 4 members (excludes halogenated alkanes) is 9. The van der Waals surface area contributed by atoms with E-state index in [0.29, 0.717) is 6.42 Å². The molecule has 0 spiro atoms. The zero-order valence-electron chi connectivity index (χ0n) is 14.9. The molecular weight excluding hydrogens is 310 g/mol. The van der Waals surface area contributed by atoms with E-state index in [9.17, 15) is 9.46 Å². The summed E-state index contributed by atoms with van der Waals surface area (Å²) in [5, 5.41) is 0. The zero-order chi connectivity index (χ0) is 16.0. The molecule has 6 heteroatoms. The molecule has 0 saturated heterocycles. The molecule has 0 fully saturated rings. The Balaban J connectivity index is 0. The molecule has 0 bridgehead atoms. The Hall–Kier alpha value is 1.11. The van der Waals surface area contributed by atoms with Gasteiger partial charge in [0.15, 0.2) is 0 Å². The number of rotatable bonds is 15. The van der Waals surface area contributed by atoms with Gasteiger partial charge < -0.3 is 14.3 Å². The predicted molar refractivity (Wildman–Crippen MR) is 86.1 cm³/mol. The molecule has 0 aromatic rings. The average Bonchev–Trinajstić information content (AvgIpc) is 2.39. The van der Waals surface area contributed by atoms with Gasteiger partial charge in [0.1, 0.15) is 0 Å². The van der Waals surface area contributed by atoms with Gasteiger partial charge in [-0.2, -0.15) is 0 Å². The molecule has 0 amide bonds. The number of hydrogen-bond acceptors (Lipinski definition) is 3. The third-order valence-electron chi connectivity index (χ3n) is 3.77. The van der Waals surface area contributed by atoms with Crippen LogP contribution in [0.15, 0.2) is 0 Å². The second-order valence-electron chi connectivity index (χ2n) is 5.96. The maximum Gasteiger partial charge on any atom is 1.00 e. The number of hydrogen-bond donors (Lipinski definition) is 1. The molecule has 0 aromatic heterocycles. The standard InChI is InChI=1S/C16H35O4P.Na/c1-3-5-6-7-8-9-10-11-12-13-15-16(14-4-2)20-21(17,18)19;/h16H,3-15H2,1-2H3,(H2,17,18,19);/q;+1/p-1. The van der Waals surface area contributed by atoms with Crippen LogP contribution in [0.5, 0.6) is 0 Å². The molecule has 0 aliphatic rings. The van der Waals surface area contributed by atoms with Gasteiger partial charge in [0, 0.05) is 0 Å². The zero-order valence-corrected chi connectivity index (χ0v) is 17.8. The quantitative estimate of drug-likeness (QED) is 0.280. The molecule has 1 N–H and O–H groups in total. The third-order valence-corrected chi connectivity index (χ3v) is 4.34. The van der Waals surface area contributed by atoms with E-state index in [1.807, 2.05) is 6.92 Å². The fraction of sp³-hybridized carbons (Fsp3) is 1.00.